The van der Waals surface area contributed by atoms with Crippen molar-refractivity contribution in [2.45, 2.75) is 26.1 Å². The van der Waals surface area contributed by atoms with Crippen LogP contribution in [0.1, 0.15) is 19.4 Å². The lowest BCUT2D eigenvalue weighted by atomic mass is 10.3. The minimum Gasteiger partial charge on any atom is -0.431 e. The summed E-state index contributed by atoms with van der Waals surface area (Å²) in [6.45, 7) is 3.17. The van der Waals surface area contributed by atoms with Gasteiger partial charge in [-0.2, -0.15) is 13.2 Å². The second-order valence-corrected chi connectivity index (χ2v) is 4.21. The van der Waals surface area contributed by atoms with Crippen LogP contribution in [0.3, 0.4) is 0 Å². The van der Waals surface area contributed by atoms with Gasteiger partial charge < -0.3 is 15.2 Å². The third kappa shape index (κ3) is 4.26. The van der Waals surface area contributed by atoms with Gasteiger partial charge >= 0.3 is 12.3 Å². The van der Waals surface area contributed by atoms with Gasteiger partial charge in [-0.3, -0.25) is 0 Å². The van der Waals surface area contributed by atoms with E-state index in [1.165, 1.54) is 0 Å². The fraction of sp³-hybridized carbons (Fsp3) is 0.444. The molecule has 18 heavy (non-hydrogen) atoms. The zero-order chi connectivity index (χ0) is 13.2. The number of nitrogens with two attached hydrogens (primary N) is 1. The zero-order valence-electron chi connectivity index (χ0n) is 9.41. The van der Waals surface area contributed by atoms with Gasteiger partial charge in [-0.05, 0) is 13.8 Å². The van der Waals surface area contributed by atoms with E-state index in [1.54, 1.807) is 13.8 Å². The maximum atomic E-state index is 12.4. The van der Waals surface area contributed by atoms with Gasteiger partial charge in [0.15, 0.2) is 0 Å². The van der Waals surface area contributed by atoms with Crippen molar-refractivity contribution in [3.8, 4) is 5.06 Å². The largest absolute Gasteiger partial charge is 0.514 e. The molecule has 0 amide bonds. The molecule has 0 bridgehead atoms. The number of anilines is 1. The predicted molar refractivity (Wildman–Crippen MR) is 63.2 cm³/mol. The molecule has 0 saturated heterocycles. The van der Waals surface area contributed by atoms with E-state index in [2.05, 4.69) is 9.47 Å². The standard InChI is InChI=1S/C9H10F3NO3S.ClH/c1-4(2)15-8(14)16-7-6(13)5(3-17-7)9(10,11)12;/h3-4H,13H2,1-2H3;1H. The molecule has 1 heterocycles. The summed E-state index contributed by atoms with van der Waals surface area (Å²) in [6, 6.07) is 0. The molecule has 0 saturated carbocycles. The second-order valence-electron chi connectivity index (χ2n) is 3.37. The normalized spacial score (nSPS) is 11.0. The molecule has 1 aromatic rings. The first-order valence-corrected chi connectivity index (χ1v) is 5.42. The van der Waals surface area contributed by atoms with Crippen molar-refractivity contribution in [3.05, 3.63) is 10.9 Å². The van der Waals surface area contributed by atoms with Gasteiger partial charge in [-0.15, -0.1) is 23.7 Å². The van der Waals surface area contributed by atoms with Gasteiger partial charge in [0.1, 0.15) is 0 Å². The molecular formula is C9H11ClF3NO3S. The van der Waals surface area contributed by atoms with Crippen LogP contribution in [0, 0.1) is 0 Å². The Labute approximate surface area is 111 Å². The molecule has 0 aliphatic rings. The van der Waals surface area contributed by atoms with Crippen molar-refractivity contribution in [2.75, 3.05) is 5.73 Å². The number of halogens is 4. The number of hydrogen-bond acceptors (Lipinski definition) is 5. The van der Waals surface area contributed by atoms with Gasteiger partial charge in [0.2, 0.25) is 5.06 Å². The molecule has 0 fully saturated rings. The van der Waals surface area contributed by atoms with E-state index >= 15 is 0 Å². The van der Waals surface area contributed by atoms with Crippen LogP contribution >= 0.6 is 23.7 Å². The Hall–Kier alpha value is -1.15. The van der Waals surface area contributed by atoms with Crippen molar-refractivity contribution in [1.29, 1.82) is 0 Å². The SMILES string of the molecule is CC(C)OC(=O)Oc1scc(C(F)(F)F)c1N.Cl. The van der Waals surface area contributed by atoms with Gasteiger partial charge in [0.05, 0.1) is 17.4 Å². The van der Waals surface area contributed by atoms with Crippen LogP contribution in [0.4, 0.5) is 23.7 Å². The summed E-state index contributed by atoms with van der Waals surface area (Å²) in [5.41, 5.74) is 3.60. The Balaban J connectivity index is 0.00000289. The molecule has 1 aromatic heterocycles. The zero-order valence-corrected chi connectivity index (χ0v) is 11.0. The number of nitrogen functional groups attached to an aromatic ring is 1. The molecule has 0 radical (unpaired) electrons. The highest BCUT2D eigenvalue weighted by Crippen LogP contribution is 2.42. The number of carbonyl (C=O) groups is 1. The van der Waals surface area contributed by atoms with E-state index in [0.29, 0.717) is 11.3 Å². The maximum Gasteiger partial charge on any atom is 0.514 e. The summed E-state index contributed by atoms with van der Waals surface area (Å²) in [7, 11) is 0. The molecule has 9 heteroatoms. The molecule has 0 aromatic carbocycles. The molecular weight excluding hydrogens is 295 g/mol. The first-order chi connectivity index (χ1) is 7.71. The fourth-order valence-corrected chi connectivity index (χ4v) is 1.78. The molecule has 0 atom stereocenters. The van der Waals surface area contributed by atoms with Gasteiger partial charge in [0, 0.05) is 5.38 Å². The Morgan fingerprint density at radius 3 is 2.39 bits per heavy atom. The van der Waals surface area contributed by atoms with E-state index in [4.69, 9.17) is 5.73 Å². The second kappa shape index (κ2) is 6.14. The maximum absolute atomic E-state index is 12.4. The smallest absolute Gasteiger partial charge is 0.431 e. The van der Waals surface area contributed by atoms with Crippen LogP contribution in [-0.2, 0) is 10.9 Å². The van der Waals surface area contributed by atoms with Gasteiger partial charge in [-0.25, -0.2) is 4.79 Å². The van der Waals surface area contributed by atoms with Crippen molar-refractivity contribution < 1.29 is 27.4 Å². The number of carbonyl (C=O) groups excluding carboxylic acids is 1. The topological polar surface area (TPSA) is 61.5 Å². The highest BCUT2D eigenvalue weighted by atomic mass is 35.5. The van der Waals surface area contributed by atoms with E-state index < -0.39 is 29.7 Å². The van der Waals surface area contributed by atoms with Crippen LogP contribution in [-0.4, -0.2) is 12.3 Å². The molecule has 0 spiro atoms. The van der Waals surface area contributed by atoms with E-state index in [-0.39, 0.29) is 17.5 Å². The molecule has 0 aliphatic heterocycles. The molecule has 4 nitrogen and oxygen atoms in total. The molecule has 1 rings (SSSR count). The summed E-state index contributed by atoms with van der Waals surface area (Å²) in [4.78, 5) is 11.1. The average Bonchev–Trinajstić information content (AvgIpc) is 2.45. The summed E-state index contributed by atoms with van der Waals surface area (Å²) in [5, 5.41) is 0.468. The lowest BCUT2D eigenvalue weighted by molar-refractivity contribution is -0.136. The van der Waals surface area contributed by atoms with Crippen molar-refractivity contribution in [3.63, 3.8) is 0 Å². The number of alkyl halides is 3. The van der Waals surface area contributed by atoms with Crippen LogP contribution in [0.2, 0.25) is 0 Å². The molecule has 2 N–H and O–H groups in total. The van der Waals surface area contributed by atoms with Crippen LogP contribution in [0.15, 0.2) is 5.38 Å². The van der Waals surface area contributed by atoms with Gasteiger partial charge in [-0.1, -0.05) is 0 Å². The van der Waals surface area contributed by atoms with Crippen molar-refractivity contribution in [1.82, 2.24) is 0 Å². The first-order valence-electron chi connectivity index (χ1n) is 4.54. The highest BCUT2D eigenvalue weighted by molar-refractivity contribution is 7.12. The number of ether oxygens (including phenoxy) is 2. The van der Waals surface area contributed by atoms with Crippen molar-refractivity contribution in [2.24, 2.45) is 0 Å². The lowest BCUT2D eigenvalue weighted by Gasteiger charge is -2.08. The fourth-order valence-electron chi connectivity index (χ4n) is 0.940. The molecule has 0 unspecified atom stereocenters. The Bertz CT molecular complexity index is 420. The van der Waals surface area contributed by atoms with Crippen LogP contribution in [0.25, 0.3) is 0 Å². The first kappa shape index (κ1) is 16.9. The van der Waals surface area contributed by atoms with Crippen LogP contribution < -0.4 is 10.5 Å². The Morgan fingerprint density at radius 2 is 2.00 bits per heavy atom. The number of thiophene rings is 1. The summed E-state index contributed by atoms with van der Waals surface area (Å²) < 4.78 is 46.3. The minimum absolute atomic E-state index is 0. The van der Waals surface area contributed by atoms with Crippen molar-refractivity contribution >= 4 is 35.6 Å². The van der Waals surface area contributed by atoms with E-state index in [1.807, 2.05) is 0 Å². The summed E-state index contributed by atoms with van der Waals surface area (Å²) >= 11 is 0.590. The lowest BCUT2D eigenvalue weighted by Crippen LogP contribution is -2.16. The van der Waals surface area contributed by atoms with Gasteiger partial charge in [0.25, 0.3) is 0 Å². The minimum atomic E-state index is -4.57. The molecule has 104 valence electrons. The van der Waals surface area contributed by atoms with E-state index in [9.17, 15) is 18.0 Å². The number of rotatable bonds is 2. The Morgan fingerprint density at radius 1 is 1.44 bits per heavy atom. The third-order valence-electron chi connectivity index (χ3n) is 1.61. The molecule has 0 aliphatic carbocycles. The summed E-state index contributed by atoms with van der Waals surface area (Å²) in [5.74, 6) is 0. The number of hydrogen-bond donors (Lipinski definition) is 1. The predicted octanol–water partition coefficient (Wildman–Crippen LogP) is 3.69. The third-order valence-corrected chi connectivity index (χ3v) is 2.48. The average molecular weight is 306 g/mol. The highest BCUT2D eigenvalue weighted by Gasteiger charge is 2.36. The Kier molecular flexibility index (Phi) is 5.75. The monoisotopic (exact) mass is 305 g/mol. The van der Waals surface area contributed by atoms with E-state index in [0.717, 1.165) is 5.38 Å². The summed E-state index contributed by atoms with van der Waals surface area (Å²) in [6.07, 6.45) is -6.07. The quantitative estimate of drug-likeness (QED) is 0.846. The van der Waals surface area contributed by atoms with Crippen LogP contribution in [0.5, 0.6) is 5.06 Å².